The maximum absolute atomic E-state index is 11.3. The number of nitrogens with one attached hydrogen (secondary N) is 1. The van der Waals surface area contributed by atoms with Gasteiger partial charge in [-0.1, -0.05) is 0 Å². The van der Waals surface area contributed by atoms with Gasteiger partial charge in [-0.15, -0.1) is 11.6 Å². The van der Waals surface area contributed by atoms with Crippen LogP contribution in [0.15, 0.2) is 27.4 Å². The topological polar surface area (TPSA) is 79.5 Å². The number of rotatable bonds is 2. The summed E-state index contributed by atoms with van der Waals surface area (Å²) in [5.41, 5.74) is 0.340. The van der Waals surface area contributed by atoms with Crippen molar-refractivity contribution in [3.8, 4) is 5.75 Å². The summed E-state index contributed by atoms with van der Waals surface area (Å²) in [5, 5.41) is 12.8. The Kier molecular flexibility index (Phi) is 3.25. The second-order valence-corrected chi connectivity index (χ2v) is 4.03. The molecule has 0 fully saturated rings. The molecular weight excluding hydrogens is 258 g/mol. The largest absolute Gasteiger partial charge is 0.506 e. The van der Waals surface area contributed by atoms with E-state index in [1.54, 1.807) is 13.0 Å². The first-order valence-corrected chi connectivity index (χ1v) is 5.68. The van der Waals surface area contributed by atoms with E-state index in [4.69, 9.17) is 16.0 Å². The van der Waals surface area contributed by atoms with Crippen LogP contribution in [0.3, 0.4) is 0 Å². The zero-order valence-corrected chi connectivity index (χ0v) is 10.2. The zero-order chi connectivity index (χ0) is 13.3. The van der Waals surface area contributed by atoms with Gasteiger partial charge in [0, 0.05) is 11.5 Å². The summed E-state index contributed by atoms with van der Waals surface area (Å²) in [6, 6.07) is 4.37. The number of alkyl halides is 1. The highest BCUT2D eigenvalue weighted by molar-refractivity contribution is 6.29. The average molecular weight is 268 g/mol. The molecule has 18 heavy (non-hydrogen) atoms. The third kappa shape index (κ3) is 2.17. The molecule has 2 N–H and O–H groups in total. The standard InChI is InChI=1S/C12H10ClNO4/c1-6-4-10(17)18-12-7(6)2-3-8(15)11(12)14-9(16)5-13/h2-4,15H,5H2,1H3,(H,14,16). The molecular formula is C12H10ClNO4. The van der Waals surface area contributed by atoms with Crippen molar-refractivity contribution >= 4 is 34.2 Å². The molecule has 5 nitrogen and oxygen atoms in total. The Morgan fingerprint density at radius 1 is 1.50 bits per heavy atom. The van der Waals surface area contributed by atoms with Crippen molar-refractivity contribution in [2.45, 2.75) is 6.92 Å². The number of aromatic hydroxyl groups is 1. The van der Waals surface area contributed by atoms with Crippen molar-refractivity contribution in [3.05, 3.63) is 34.2 Å². The molecule has 0 radical (unpaired) electrons. The highest BCUT2D eigenvalue weighted by Gasteiger charge is 2.14. The number of halogens is 1. The number of carbonyl (C=O) groups is 1. The van der Waals surface area contributed by atoms with Gasteiger partial charge in [-0.3, -0.25) is 4.79 Å². The van der Waals surface area contributed by atoms with Gasteiger partial charge in [0.2, 0.25) is 5.91 Å². The minimum atomic E-state index is -0.549. The van der Waals surface area contributed by atoms with Gasteiger partial charge in [0.25, 0.3) is 0 Å². The second-order valence-electron chi connectivity index (χ2n) is 3.77. The summed E-state index contributed by atoms with van der Waals surface area (Å²) < 4.78 is 5.03. The number of hydrogen-bond acceptors (Lipinski definition) is 4. The Morgan fingerprint density at radius 2 is 2.22 bits per heavy atom. The van der Waals surface area contributed by atoms with Crippen molar-refractivity contribution in [3.63, 3.8) is 0 Å². The number of fused-ring (bicyclic) bond motifs is 1. The van der Waals surface area contributed by atoms with Crippen LogP contribution in [0, 0.1) is 6.92 Å². The molecule has 94 valence electrons. The van der Waals surface area contributed by atoms with E-state index >= 15 is 0 Å². The number of amides is 1. The van der Waals surface area contributed by atoms with E-state index in [1.807, 2.05) is 0 Å². The lowest BCUT2D eigenvalue weighted by Crippen LogP contribution is -2.13. The summed E-state index contributed by atoms with van der Waals surface area (Å²) in [6.07, 6.45) is 0. The van der Waals surface area contributed by atoms with Crippen LogP contribution < -0.4 is 10.9 Å². The minimum absolute atomic E-state index is 0.0546. The SMILES string of the molecule is Cc1cc(=O)oc2c(NC(=O)CCl)c(O)ccc12. The lowest BCUT2D eigenvalue weighted by Gasteiger charge is -2.09. The highest BCUT2D eigenvalue weighted by Crippen LogP contribution is 2.32. The van der Waals surface area contributed by atoms with Crippen molar-refractivity contribution in [2.24, 2.45) is 0 Å². The van der Waals surface area contributed by atoms with E-state index < -0.39 is 11.5 Å². The van der Waals surface area contributed by atoms with E-state index in [-0.39, 0.29) is 22.9 Å². The third-order valence-electron chi connectivity index (χ3n) is 2.48. The lowest BCUT2D eigenvalue weighted by molar-refractivity contribution is -0.113. The summed E-state index contributed by atoms with van der Waals surface area (Å²) in [5.74, 6) is -0.940. The average Bonchev–Trinajstić information content (AvgIpc) is 2.32. The van der Waals surface area contributed by atoms with Gasteiger partial charge in [-0.2, -0.15) is 0 Å². The van der Waals surface area contributed by atoms with Crippen molar-refractivity contribution in [2.75, 3.05) is 11.2 Å². The predicted octanol–water partition coefficient (Wildman–Crippen LogP) is 1.98. The summed E-state index contributed by atoms with van der Waals surface area (Å²) in [4.78, 5) is 22.6. The maximum Gasteiger partial charge on any atom is 0.336 e. The van der Waals surface area contributed by atoms with Crippen molar-refractivity contribution in [1.29, 1.82) is 0 Å². The van der Waals surface area contributed by atoms with Crippen LogP contribution in [0.2, 0.25) is 0 Å². The van der Waals surface area contributed by atoms with Crippen molar-refractivity contribution in [1.82, 2.24) is 0 Å². The summed E-state index contributed by atoms with van der Waals surface area (Å²) in [7, 11) is 0. The molecule has 0 saturated carbocycles. The second kappa shape index (κ2) is 4.70. The van der Waals surface area contributed by atoms with Gasteiger partial charge >= 0.3 is 5.63 Å². The molecule has 1 amide bonds. The van der Waals surface area contributed by atoms with E-state index in [1.165, 1.54) is 12.1 Å². The molecule has 0 aliphatic carbocycles. The number of phenols is 1. The normalized spacial score (nSPS) is 10.6. The third-order valence-corrected chi connectivity index (χ3v) is 2.73. The lowest BCUT2D eigenvalue weighted by atomic mass is 10.1. The smallest absolute Gasteiger partial charge is 0.336 e. The van der Waals surface area contributed by atoms with Crippen LogP contribution in [0.4, 0.5) is 5.69 Å². The Bertz CT molecular complexity index is 678. The van der Waals surface area contributed by atoms with Gasteiger partial charge in [0.1, 0.15) is 17.3 Å². The molecule has 1 aromatic carbocycles. The van der Waals surface area contributed by atoms with Gasteiger partial charge in [0.05, 0.1) is 0 Å². The van der Waals surface area contributed by atoms with Crippen LogP contribution in [-0.2, 0) is 4.79 Å². The molecule has 0 aliphatic rings. The van der Waals surface area contributed by atoms with E-state index in [0.29, 0.717) is 10.9 Å². The molecule has 0 spiro atoms. The van der Waals surface area contributed by atoms with Gasteiger partial charge < -0.3 is 14.8 Å². The van der Waals surface area contributed by atoms with Gasteiger partial charge in [0.15, 0.2) is 5.58 Å². The number of hydrogen-bond donors (Lipinski definition) is 2. The number of anilines is 1. The zero-order valence-electron chi connectivity index (χ0n) is 9.49. The number of benzene rings is 1. The quantitative estimate of drug-likeness (QED) is 0.495. The fourth-order valence-corrected chi connectivity index (χ4v) is 1.73. The first kappa shape index (κ1) is 12.4. The molecule has 0 aliphatic heterocycles. The fraction of sp³-hybridized carbons (Fsp3) is 0.167. The first-order chi connectivity index (χ1) is 8.52. The first-order valence-electron chi connectivity index (χ1n) is 5.15. The van der Waals surface area contributed by atoms with E-state index in [2.05, 4.69) is 5.32 Å². The Hall–Kier alpha value is -2.01. The van der Waals surface area contributed by atoms with Gasteiger partial charge in [-0.05, 0) is 24.6 Å². The highest BCUT2D eigenvalue weighted by atomic mass is 35.5. The Labute approximate surface area is 107 Å². The van der Waals surface area contributed by atoms with Crippen LogP contribution in [-0.4, -0.2) is 16.9 Å². The summed E-state index contributed by atoms with van der Waals surface area (Å²) in [6.45, 7) is 1.74. The summed E-state index contributed by atoms with van der Waals surface area (Å²) >= 11 is 5.38. The van der Waals surface area contributed by atoms with E-state index in [9.17, 15) is 14.7 Å². The van der Waals surface area contributed by atoms with Crippen LogP contribution in [0.25, 0.3) is 11.0 Å². The maximum atomic E-state index is 11.3. The monoisotopic (exact) mass is 267 g/mol. The molecule has 1 heterocycles. The number of carbonyl (C=O) groups excluding carboxylic acids is 1. The predicted molar refractivity (Wildman–Crippen MR) is 68.2 cm³/mol. The van der Waals surface area contributed by atoms with Crippen LogP contribution >= 0.6 is 11.6 Å². The molecule has 0 bridgehead atoms. The molecule has 6 heteroatoms. The van der Waals surface area contributed by atoms with Gasteiger partial charge in [-0.25, -0.2) is 4.79 Å². The molecule has 0 saturated heterocycles. The fourth-order valence-electron chi connectivity index (χ4n) is 1.67. The Morgan fingerprint density at radius 3 is 2.89 bits per heavy atom. The Balaban J connectivity index is 2.73. The molecule has 0 unspecified atom stereocenters. The molecule has 2 rings (SSSR count). The van der Waals surface area contributed by atoms with E-state index in [0.717, 1.165) is 0 Å². The number of phenolic OH excluding ortho intramolecular Hbond substituents is 1. The molecule has 1 aromatic heterocycles. The number of aryl methyl sites for hydroxylation is 1. The van der Waals surface area contributed by atoms with Crippen LogP contribution in [0.1, 0.15) is 5.56 Å². The molecule has 0 atom stereocenters. The molecule has 2 aromatic rings. The van der Waals surface area contributed by atoms with Crippen molar-refractivity contribution < 1.29 is 14.3 Å². The van der Waals surface area contributed by atoms with Crippen LogP contribution in [0.5, 0.6) is 5.75 Å². The minimum Gasteiger partial charge on any atom is -0.506 e.